The van der Waals surface area contributed by atoms with Crippen molar-refractivity contribution in [3.63, 3.8) is 0 Å². The van der Waals surface area contributed by atoms with E-state index in [0.717, 1.165) is 42.7 Å². The Morgan fingerprint density at radius 2 is 1.89 bits per heavy atom. The summed E-state index contributed by atoms with van der Waals surface area (Å²) >= 11 is 0. The molecule has 1 saturated heterocycles. The number of aromatic nitrogens is 2. The zero-order valence-electron chi connectivity index (χ0n) is 21.0. The lowest BCUT2D eigenvalue weighted by atomic mass is 9.93. The fourth-order valence-corrected chi connectivity index (χ4v) is 4.53. The second-order valence-corrected chi connectivity index (χ2v) is 9.27. The van der Waals surface area contributed by atoms with Gasteiger partial charge in [-0.15, -0.1) is 0 Å². The van der Waals surface area contributed by atoms with Crippen LogP contribution in [-0.4, -0.2) is 66.0 Å². The molecule has 3 aromatic rings. The lowest BCUT2D eigenvalue weighted by Crippen LogP contribution is -2.25. The van der Waals surface area contributed by atoms with E-state index in [1.165, 1.54) is 11.9 Å². The number of aromatic hydroxyl groups is 1. The molecule has 1 aromatic heterocycles. The van der Waals surface area contributed by atoms with Crippen LogP contribution in [0.1, 0.15) is 40.3 Å². The van der Waals surface area contributed by atoms with Gasteiger partial charge in [-0.2, -0.15) is 0 Å². The molecule has 7 nitrogen and oxygen atoms in total. The largest absolute Gasteiger partial charge is 0.502 e. The number of aromatic amines is 1. The monoisotopic (exact) mass is 504 g/mol. The number of nitrogens with one attached hydrogen (secondary N) is 2. The first kappa shape index (κ1) is 26.6. The van der Waals surface area contributed by atoms with Crippen molar-refractivity contribution in [3.05, 3.63) is 93.2 Å². The van der Waals surface area contributed by atoms with Gasteiger partial charge in [0.2, 0.25) is 5.75 Å². The van der Waals surface area contributed by atoms with E-state index in [1.807, 2.05) is 36.4 Å². The number of rotatable bonds is 10. The molecule has 0 spiro atoms. The predicted molar refractivity (Wildman–Crippen MR) is 141 cm³/mol. The number of hydrogen-bond acceptors (Lipinski definition) is 6. The van der Waals surface area contributed by atoms with Crippen molar-refractivity contribution in [1.29, 1.82) is 0 Å². The lowest BCUT2D eigenvalue weighted by molar-refractivity contribution is 0.107. The Morgan fingerprint density at radius 1 is 1.19 bits per heavy atom. The molecule has 0 amide bonds. The third-order valence-electron chi connectivity index (χ3n) is 6.66. The van der Waals surface area contributed by atoms with Crippen molar-refractivity contribution in [1.82, 2.24) is 20.2 Å². The van der Waals surface area contributed by atoms with Crippen LogP contribution in [0.5, 0.6) is 5.75 Å². The molecule has 1 aliphatic rings. The standard InChI is InChI=1S/C29H33FN4O3/c1-37-26-12-15-34(19-26)18-23-6-4-21(5-7-23)2-3-22-8-10-24(11-9-22)25(17-31-14-13-30)16-27-28(35)29(36)33-20-32-27/h4-11,20,25-26,31,35H,12-19H2,1H3,(H,32,33,36)/t25?,26-/m0/s1. The average Bonchev–Trinajstić information content (AvgIpc) is 3.38. The molecule has 2 heterocycles. The van der Waals surface area contributed by atoms with Crippen LogP contribution < -0.4 is 10.9 Å². The zero-order chi connectivity index (χ0) is 26.0. The number of H-pyrrole nitrogens is 1. The van der Waals surface area contributed by atoms with Gasteiger partial charge in [-0.05, 0) is 41.8 Å². The molecule has 37 heavy (non-hydrogen) atoms. The predicted octanol–water partition coefficient (Wildman–Crippen LogP) is 2.98. The van der Waals surface area contributed by atoms with Crippen molar-refractivity contribution >= 4 is 0 Å². The average molecular weight is 505 g/mol. The molecular weight excluding hydrogens is 471 g/mol. The zero-order valence-corrected chi connectivity index (χ0v) is 21.0. The molecule has 0 saturated carbocycles. The SMILES string of the molecule is CO[C@H]1CCN(Cc2ccc(C#Cc3ccc(C(CNCCF)Cc4nc[nH]c(=O)c4O)cc3)cc2)C1. The number of ether oxygens (including phenoxy) is 1. The molecule has 0 bridgehead atoms. The maximum absolute atomic E-state index is 12.6. The van der Waals surface area contributed by atoms with Gasteiger partial charge in [-0.1, -0.05) is 36.1 Å². The van der Waals surface area contributed by atoms with E-state index in [2.05, 4.69) is 44.2 Å². The number of nitrogens with zero attached hydrogens (tertiary/aromatic N) is 2. The number of hydrogen-bond donors (Lipinski definition) is 3. The third-order valence-corrected chi connectivity index (χ3v) is 6.66. The Balaban J connectivity index is 1.40. The highest BCUT2D eigenvalue weighted by Crippen LogP contribution is 2.23. The summed E-state index contributed by atoms with van der Waals surface area (Å²) in [6, 6.07) is 16.2. The number of methoxy groups -OCH3 is 1. The Morgan fingerprint density at radius 3 is 2.54 bits per heavy atom. The summed E-state index contributed by atoms with van der Waals surface area (Å²) in [5.74, 6) is 5.95. The van der Waals surface area contributed by atoms with E-state index in [0.29, 0.717) is 24.8 Å². The summed E-state index contributed by atoms with van der Waals surface area (Å²) in [4.78, 5) is 20.6. The van der Waals surface area contributed by atoms with Gasteiger partial charge < -0.3 is 20.1 Å². The highest BCUT2D eigenvalue weighted by atomic mass is 19.1. The molecule has 194 valence electrons. The van der Waals surface area contributed by atoms with E-state index >= 15 is 0 Å². The van der Waals surface area contributed by atoms with Gasteiger partial charge >= 0.3 is 0 Å². The van der Waals surface area contributed by atoms with Crippen molar-refractivity contribution < 1.29 is 14.2 Å². The van der Waals surface area contributed by atoms with Crippen LogP contribution in [0, 0.1) is 11.8 Å². The smallest absolute Gasteiger partial charge is 0.293 e. The van der Waals surface area contributed by atoms with E-state index < -0.39 is 12.2 Å². The fraction of sp³-hybridized carbons (Fsp3) is 0.379. The maximum Gasteiger partial charge on any atom is 0.293 e. The summed E-state index contributed by atoms with van der Waals surface area (Å²) in [5.41, 5.74) is 3.82. The topological polar surface area (TPSA) is 90.5 Å². The van der Waals surface area contributed by atoms with Crippen LogP contribution in [0.2, 0.25) is 0 Å². The minimum Gasteiger partial charge on any atom is -0.502 e. The van der Waals surface area contributed by atoms with E-state index in [1.54, 1.807) is 7.11 Å². The molecule has 0 radical (unpaired) electrons. The lowest BCUT2D eigenvalue weighted by Gasteiger charge is -2.18. The second kappa shape index (κ2) is 13.2. The number of likely N-dealkylation sites (tertiary alicyclic amines) is 1. The quantitative estimate of drug-likeness (QED) is 0.291. The van der Waals surface area contributed by atoms with Crippen molar-refractivity contribution in [2.75, 3.05) is 40.0 Å². The molecular formula is C29H33FN4O3. The summed E-state index contributed by atoms with van der Waals surface area (Å²) < 4.78 is 18.1. The van der Waals surface area contributed by atoms with Gasteiger partial charge in [0.15, 0.2) is 0 Å². The highest BCUT2D eigenvalue weighted by molar-refractivity contribution is 5.44. The van der Waals surface area contributed by atoms with Gasteiger partial charge in [0.05, 0.1) is 18.1 Å². The molecule has 2 atom stereocenters. The van der Waals surface area contributed by atoms with E-state index in [4.69, 9.17) is 4.74 Å². The molecule has 1 unspecified atom stereocenters. The van der Waals surface area contributed by atoms with E-state index in [9.17, 15) is 14.3 Å². The fourth-order valence-electron chi connectivity index (χ4n) is 4.53. The molecule has 2 aromatic carbocycles. The summed E-state index contributed by atoms with van der Waals surface area (Å²) in [6.45, 7) is 3.20. The first-order valence-corrected chi connectivity index (χ1v) is 12.5. The molecule has 8 heteroatoms. The van der Waals surface area contributed by atoms with E-state index in [-0.39, 0.29) is 18.2 Å². The summed E-state index contributed by atoms with van der Waals surface area (Å²) in [7, 11) is 1.77. The highest BCUT2D eigenvalue weighted by Gasteiger charge is 2.21. The van der Waals surface area contributed by atoms with Gasteiger partial charge in [-0.25, -0.2) is 9.37 Å². The molecule has 1 aliphatic heterocycles. The summed E-state index contributed by atoms with van der Waals surface area (Å²) in [5, 5.41) is 13.2. The van der Waals surface area contributed by atoms with Crippen molar-refractivity contribution in [2.24, 2.45) is 0 Å². The van der Waals surface area contributed by atoms with Gasteiger partial charge in [-0.3, -0.25) is 9.69 Å². The Labute approximate surface area is 216 Å². The molecule has 3 N–H and O–H groups in total. The maximum atomic E-state index is 12.6. The Hall–Kier alpha value is -3.51. The summed E-state index contributed by atoms with van der Waals surface area (Å²) in [6.07, 6.45) is 3.04. The first-order chi connectivity index (χ1) is 18.1. The van der Waals surface area contributed by atoms with Crippen LogP contribution in [-0.2, 0) is 17.7 Å². The third kappa shape index (κ3) is 7.49. The van der Waals surface area contributed by atoms with Gasteiger partial charge in [0.25, 0.3) is 5.56 Å². The Bertz CT molecular complexity index is 1270. The van der Waals surface area contributed by atoms with Crippen LogP contribution in [0.25, 0.3) is 0 Å². The van der Waals surface area contributed by atoms with Crippen LogP contribution >= 0.6 is 0 Å². The Kier molecular flexibility index (Phi) is 9.44. The van der Waals surface area contributed by atoms with Crippen LogP contribution in [0.3, 0.4) is 0 Å². The number of alkyl halides is 1. The van der Waals surface area contributed by atoms with Crippen molar-refractivity contribution in [3.8, 4) is 17.6 Å². The minimum absolute atomic E-state index is 0.101. The van der Waals surface area contributed by atoms with Crippen LogP contribution in [0.15, 0.2) is 59.7 Å². The second-order valence-electron chi connectivity index (χ2n) is 9.27. The van der Waals surface area contributed by atoms with Gasteiger partial charge in [0.1, 0.15) is 6.67 Å². The molecule has 1 fully saturated rings. The van der Waals surface area contributed by atoms with Crippen molar-refractivity contribution in [2.45, 2.75) is 31.4 Å². The first-order valence-electron chi connectivity index (χ1n) is 12.5. The molecule has 0 aliphatic carbocycles. The number of benzene rings is 2. The van der Waals surface area contributed by atoms with Crippen LogP contribution in [0.4, 0.5) is 4.39 Å². The molecule has 4 rings (SSSR count). The number of halogens is 1. The normalized spacial score (nSPS) is 16.3. The van der Waals surface area contributed by atoms with Gasteiger partial charge in [0, 0.05) is 63.3 Å². The minimum atomic E-state index is -0.574.